The van der Waals surface area contributed by atoms with E-state index in [1.165, 1.54) is 5.52 Å². The van der Waals surface area contributed by atoms with E-state index in [1.54, 1.807) is 0 Å². The second-order valence-electron chi connectivity index (χ2n) is 6.66. The molecular weight excluding hydrogens is 312 g/mol. The monoisotopic (exact) mass is 336 g/mol. The quantitative estimate of drug-likeness (QED) is 0.692. The molecule has 0 aliphatic heterocycles. The summed E-state index contributed by atoms with van der Waals surface area (Å²) in [5, 5.41) is 4.03. The van der Waals surface area contributed by atoms with Crippen molar-refractivity contribution in [3.8, 4) is 0 Å². The standard InChI is InChI=1S/C21H24N2O2/c1-16(2)13-23-11-10-18-12-19(8-9-20(18)23)22-21(24)15-25-14-17-6-4-3-5-7-17/h3-12,16H,13-15H2,1-2H3,(H,22,24). The largest absolute Gasteiger partial charge is 0.367 e. The van der Waals surface area contributed by atoms with Gasteiger partial charge in [0.15, 0.2) is 0 Å². The van der Waals surface area contributed by atoms with Crippen molar-refractivity contribution < 1.29 is 9.53 Å². The number of hydrogen-bond donors (Lipinski definition) is 1. The highest BCUT2D eigenvalue weighted by Gasteiger charge is 2.07. The van der Waals surface area contributed by atoms with E-state index in [1.807, 2.05) is 42.5 Å². The molecule has 130 valence electrons. The first-order chi connectivity index (χ1) is 12.1. The van der Waals surface area contributed by atoms with Crippen molar-refractivity contribution in [1.82, 2.24) is 4.57 Å². The number of nitrogens with one attached hydrogen (secondary N) is 1. The van der Waals surface area contributed by atoms with Gasteiger partial charge in [0.25, 0.3) is 0 Å². The number of ether oxygens (including phenoxy) is 1. The number of rotatable bonds is 7. The third-order valence-electron chi connectivity index (χ3n) is 3.96. The van der Waals surface area contributed by atoms with Crippen LogP contribution in [-0.4, -0.2) is 17.1 Å². The minimum absolute atomic E-state index is 0.0429. The van der Waals surface area contributed by atoms with Gasteiger partial charge in [-0.3, -0.25) is 4.79 Å². The second kappa shape index (κ2) is 7.99. The lowest BCUT2D eigenvalue weighted by molar-refractivity contribution is -0.121. The summed E-state index contributed by atoms with van der Waals surface area (Å²) in [5.74, 6) is 0.452. The highest BCUT2D eigenvalue weighted by molar-refractivity contribution is 5.94. The van der Waals surface area contributed by atoms with Gasteiger partial charge in [0.2, 0.25) is 5.91 Å². The van der Waals surface area contributed by atoms with Gasteiger partial charge in [-0.2, -0.15) is 0 Å². The van der Waals surface area contributed by atoms with Gasteiger partial charge in [0, 0.05) is 29.3 Å². The topological polar surface area (TPSA) is 43.3 Å². The lowest BCUT2D eigenvalue weighted by Gasteiger charge is -2.09. The number of hydrogen-bond acceptors (Lipinski definition) is 2. The maximum atomic E-state index is 12.0. The Labute approximate surface area is 148 Å². The van der Waals surface area contributed by atoms with Crippen molar-refractivity contribution in [3.63, 3.8) is 0 Å². The van der Waals surface area contributed by atoms with Crippen LogP contribution in [0.2, 0.25) is 0 Å². The molecule has 0 saturated carbocycles. The predicted molar refractivity (Wildman–Crippen MR) is 102 cm³/mol. The first kappa shape index (κ1) is 17.2. The predicted octanol–water partition coefficient (Wildman–Crippen LogP) is 4.45. The van der Waals surface area contributed by atoms with Crippen molar-refractivity contribution in [2.75, 3.05) is 11.9 Å². The maximum absolute atomic E-state index is 12.0. The van der Waals surface area contributed by atoms with Crippen LogP contribution in [0.1, 0.15) is 19.4 Å². The lowest BCUT2D eigenvalue weighted by atomic mass is 10.2. The smallest absolute Gasteiger partial charge is 0.250 e. The Kier molecular flexibility index (Phi) is 5.51. The molecule has 3 aromatic rings. The van der Waals surface area contributed by atoms with Gasteiger partial charge >= 0.3 is 0 Å². The van der Waals surface area contributed by atoms with E-state index in [0.29, 0.717) is 12.5 Å². The summed E-state index contributed by atoms with van der Waals surface area (Å²) in [6.45, 7) is 5.88. The number of carbonyl (C=O) groups excluding carboxylic acids is 1. The molecule has 1 N–H and O–H groups in total. The molecule has 0 aliphatic carbocycles. The molecule has 1 amide bonds. The number of aromatic nitrogens is 1. The summed E-state index contributed by atoms with van der Waals surface area (Å²) < 4.78 is 7.72. The average molecular weight is 336 g/mol. The normalized spacial score (nSPS) is 11.2. The van der Waals surface area contributed by atoms with E-state index in [9.17, 15) is 4.79 Å². The summed E-state index contributed by atoms with van der Waals surface area (Å²) in [6, 6.07) is 17.9. The highest BCUT2D eigenvalue weighted by Crippen LogP contribution is 2.21. The molecule has 1 aromatic heterocycles. The Bertz CT molecular complexity index is 837. The second-order valence-corrected chi connectivity index (χ2v) is 6.66. The van der Waals surface area contributed by atoms with Crippen LogP contribution in [0.4, 0.5) is 5.69 Å². The minimum atomic E-state index is -0.142. The van der Waals surface area contributed by atoms with E-state index in [2.05, 4.69) is 42.1 Å². The maximum Gasteiger partial charge on any atom is 0.250 e. The van der Waals surface area contributed by atoms with Crippen LogP contribution in [0.3, 0.4) is 0 Å². The number of fused-ring (bicyclic) bond motifs is 1. The molecular formula is C21H24N2O2. The number of nitrogens with zero attached hydrogens (tertiary/aromatic N) is 1. The van der Waals surface area contributed by atoms with Crippen molar-refractivity contribution >= 4 is 22.5 Å². The number of amides is 1. The molecule has 4 nitrogen and oxygen atoms in total. The molecule has 0 saturated heterocycles. The fraction of sp³-hybridized carbons (Fsp3) is 0.286. The molecule has 1 heterocycles. The Morgan fingerprint density at radius 2 is 1.92 bits per heavy atom. The average Bonchev–Trinajstić information content (AvgIpc) is 2.97. The van der Waals surface area contributed by atoms with Crippen LogP contribution >= 0.6 is 0 Å². The molecule has 0 bridgehead atoms. The summed E-state index contributed by atoms with van der Waals surface area (Å²) in [6.07, 6.45) is 2.10. The van der Waals surface area contributed by atoms with E-state index < -0.39 is 0 Å². The fourth-order valence-electron chi connectivity index (χ4n) is 2.86. The van der Waals surface area contributed by atoms with Crippen LogP contribution in [0, 0.1) is 5.92 Å². The Morgan fingerprint density at radius 3 is 2.68 bits per heavy atom. The molecule has 0 atom stereocenters. The fourth-order valence-corrected chi connectivity index (χ4v) is 2.86. The number of anilines is 1. The first-order valence-corrected chi connectivity index (χ1v) is 8.62. The van der Waals surface area contributed by atoms with Gasteiger partial charge < -0.3 is 14.6 Å². The van der Waals surface area contributed by atoms with Gasteiger partial charge in [-0.05, 0) is 35.7 Å². The molecule has 0 fully saturated rings. The molecule has 0 aliphatic rings. The van der Waals surface area contributed by atoms with Gasteiger partial charge in [-0.1, -0.05) is 44.2 Å². The van der Waals surface area contributed by atoms with Crippen LogP contribution < -0.4 is 5.32 Å². The van der Waals surface area contributed by atoms with E-state index >= 15 is 0 Å². The van der Waals surface area contributed by atoms with Crippen LogP contribution in [0.25, 0.3) is 10.9 Å². The molecule has 4 heteroatoms. The molecule has 2 aromatic carbocycles. The van der Waals surface area contributed by atoms with Crippen molar-refractivity contribution in [1.29, 1.82) is 0 Å². The van der Waals surface area contributed by atoms with Crippen LogP contribution in [0.15, 0.2) is 60.8 Å². The van der Waals surface area contributed by atoms with Crippen LogP contribution in [0.5, 0.6) is 0 Å². The van der Waals surface area contributed by atoms with Gasteiger partial charge in [-0.25, -0.2) is 0 Å². The Morgan fingerprint density at radius 1 is 1.12 bits per heavy atom. The Hall–Kier alpha value is -2.59. The first-order valence-electron chi connectivity index (χ1n) is 8.62. The summed E-state index contributed by atoms with van der Waals surface area (Å²) in [7, 11) is 0. The SMILES string of the molecule is CC(C)Cn1ccc2cc(NC(=O)COCc3ccccc3)ccc21. The summed E-state index contributed by atoms with van der Waals surface area (Å²) in [5.41, 5.74) is 3.04. The molecule has 0 radical (unpaired) electrons. The van der Waals surface area contributed by atoms with Crippen molar-refractivity contribution in [3.05, 3.63) is 66.4 Å². The highest BCUT2D eigenvalue weighted by atomic mass is 16.5. The van der Waals surface area contributed by atoms with E-state index in [-0.39, 0.29) is 12.5 Å². The van der Waals surface area contributed by atoms with Gasteiger partial charge in [0.05, 0.1) is 6.61 Å². The minimum Gasteiger partial charge on any atom is -0.367 e. The van der Waals surface area contributed by atoms with Crippen molar-refractivity contribution in [2.24, 2.45) is 5.92 Å². The van der Waals surface area contributed by atoms with Gasteiger partial charge in [-0.15, -0.1) is 0 Å². The van der Waals surface area contributed by atoms with E-state index in [4.69, 9.17) is 4.74 Å². The molecule has 3 rings (SSSR count). The molecule has 0 unspecified atom stereocenters. The zero-order chi connectivity index (χ0) is 17.6. The van der Waals surface area contributed by atoms with Crippen LogP contribution in [-0.2, 0) is 22.7 Å². The zero-order valence-electron chi connectivity index (χ0n) is 14.7. The Balaban J connectivity index is 1.56. The third-order valence-corrected chi connectivity index (χ3v) is 3.96. The number of benzene rings is 2. The zero-order valence-corrected chi connectivity index (χ0v) is 14.7. The number of carbonyl (C=O) groups is 1. The third kappa shape index (κ3) is 4.70. The summed E-state index contributed by atoms with van der Waals surface area (Å²) >= 11 is 0. The molecule has 25 heavy (non-hydrogen) atoms. The van der Waals surface area contributed by atoms with Gasteiger partial charge in [0.1, 0.15) is 6.61 Å². The lowest BCUT2D eigenvalue weighted by Crippen LogP contribution is -2.18. The van der Waals surface area contributed by atoms with E-state index in [0.717, 1.165) is 23.2 Å². The molecule has 0 spiro atoms. The summed E-state index contributed by atoms with van der Waals surface area (Å²) in [4.78, 5) is 12.0. The van der Waals surface area contributed by atoms with Crippen molar-refractivity contribution in [2.45, 2.75) is 27.0 Å².